The molecule has 1 unspecified atom stereocenters. The molecule has 1 atom stereocenters. The van der Waals surface area contributed by atoms with Crippen LogP contribution in [0.1, 0.15) is 50.7 Å². The number of nitrogens with one attached hydrogen (secondary N) is 2. The molecule has 0 spiro atoms. The van der Waals surface area contributed by atoms with Gasteiger partial charge in [0, 0.05) is 31.0 Å². The van der Waals surface area contributed by atoms with Crippen molar-refractivity contribution in [2.75, 3.05) is 19.8 Å². The molecule has 3 N–H and O–H groups in total. The minimum Gasteiger partial charge on any atom is -0.481 e. The lowest BCUT2D eigenvalue weighted by Gasteiger charge is -2.26. The molecule has 0 fully saturated rings. The number of alkyl carbamates (subject to hydrolysis) is 1. The lowest BCUT2D eigenvalue weighted by molar-refractivity contribution is -0.140. The highest BCUT2D eigenvalue weighted by atomic mass is 16.5. The van der Waals surface area contributed by atoms with E-state index >= 15 is 0 Å². The summed E-state index contributed by atoms with van der Waals surface area (Å²) in [5.74, 6) is -1.36. The molecule has 34 heavy (non-hydrogen) atoms. The van der Waals surface area contributed by atoms with Crippen LogP contribution in [-0.4, -0.2) is 54.5 Å². The number of rotatable bonds is 11. The summed E-state index contributed by atoms with van der Waals surface area (Å²) < 4.78 is 10.9. The Morgan fingerprint density at radius 3 is 2.18 bits per heavy atom. The molecule has 8 nitrogen and oxygen atoms in total. The second kappa shape index (κ2) is 11.2. The first-order valence-electron chi connectivity index (χ1n) is 11.4. The number of hydrogen-bond donors (Lipinski definition) is 3. The monoisotopic (exact) mass is 468 g/mol. The van der Waals surface area contributed by atoms with E-state index in [4.69, 9.17) is 14.6 Å². The molecule has 2 aromatic rings. The Hall–Kier alpha value is -3.39. The molecule has 0 heterocycles. The summed E-state index contributed by atoms with van der Waals surface area (Å²) in [6.45, 7) is 5.84. The third-order valence-electron chi connectivity index (χ3n) is 5.72. The van der Waals surface area contributed by atoms with Crippen LogP contribution in [0.15, 0.2) is 48.5 Å². The van der Waals surface area contributed by atoms with Crippen LogP contribution in [0.3, 0.4) is 0 Å². The number of benzene rings is 2. The van der Waals surface area contributed by atoms with Crippen molar-refractivity contribution in [2.24, 2.45) is 0 Å². The summed E-state index contributed by atoms with van der Waals surface area (Å²) >= 11 is 0. The number of carbonyl (C=O) groups is 3. The molecular formula is C26H32N2O6. The fourth-order valence-electron chi connectivity index (χ4n) is 4.27. The van der Waals surface area contributed by atoms with E-state index in [2.05, 4.69) is 34.9 Å². The lowest BCUT2D eigenvalue weighted by atomic mass is 9.98. The molecule has 8 heteroatoms. The van der Waals surface area contributed by atoms with Gasteiger partial charge in [0.2, 0.25) is 5.91 Å². The van der Waals surface area contributed by atoms with Crippen molar-refractivity contribution in [2.45, 2.75) is 51.2 Å². The molecular weight excluding hydrogens is 436 g/mol. The first-order chi connectivity index (χ1) is 16.2. The Morgan fingerprint density at radius 1 is 1.03 bits per heavy atom. The molecule has 0 aliphatic heterocycles. The van der Waals surface area contributed by atoms with Crippen molar-refractivity contribution < 1.29 is 29.0 Å². The van der Waals surface area contributed by atoms with Gasteiger partial charge in [-0.15, -0.1) is 0 Å². The summed E-state index contributed by atoms with van der Waals surface area (Å²) in [4.78, 5) is 35.8. The number of amides is 2. The Bertz CT molecular complexity index is 990. The zero-order chi connectivity index (χ0) is 24.7. The number of carboxylic acid groups (broad SMARTS) is 1. The van der Waals surface area contributed by atoms with Crippen molar-refractivity contribution in [1.82, 2.24) is 10.6 Å². The van der Waals surface area contributed by atoms with E-state index in [9.17, 15) is 14.4 Å². The number of carbonyl (C=O) groups excluding carboxylic acids is 2. The molecule has 0 saturated carbocycles. The van der Waals surface area contributed by atoms with Gasteiger partial charge >= 0.3 is 12.1 Å². The Kier molecular flexibility index (Phi) is 8.28. The van der Waals surface area contributed by atoms with Crippen molar-refractivity contribution in [3.05, 3.63) is 59.7 Å². The zero-order valence-corrected chi connectivity index (χ0v) is 19.8. The first-order valence-corrected chi connectivity index (χ1v) is 11.4. The third kappa shape index (κ3) is 6.57. The van der Waals surface area contributed by atoms with Gasteiger partial charge in [0.05, 0.1) is 12.5 Å². The predicted octanol–water partition coefficient (Wildman–Crippen LogP) is 3.69. The van der Waals surface area contributed by atoms with Crippen LogP contribution in [0.25, 0.3) is 11.1 Å². The number of aliphatic carboxylic acids is 1. The van der Waals surface area contributed by atoms with Crippen LogP contribution in [0.4, 0.5) is 4.79 Å². The van der Waals surface area contributed by atoms with E-state index in [-0.39, 0.29) is 37.8 Å². The second-order valence-corrected chi connectivity index (χ2v) is 8.99. The fourth-order valence-corrected chi connectivity index (χ4v) is 4.27. The molecule has 1 aliphatic carbocycles. The smallest absolute Gasteiger partial charge is 0.407 e. The average molecular weight is 469 g/mol. The summed E-state index contributed by atoms with van der Waals surface area (Å²) in [7, 11) is 0. The first kappa shape index (κ1) is 25.2. The second-order valence-electron chi connectivity index (χ2n) is 8.99. The Labute approximate surface area is 199 Å². The summed E-state index contributed by atoms with van der Waals surface area (Å²) in [6.07, 6.45) is -1.40. The van der Waals surface area contributed by atoms with Gasteiger partial charge < -0.3 is 25.2 Å². The minimum absolute atomic E-state index is 0.00309. The van der Waals surface area contributed by atoms with Gasteiger partial charge in [-0.05, 0) is 43.0 Å². The van der Waals surface area contributed by atoms with Gasteiger partial charge in [0.1, 0.15) is 6.61 Å². The maximum absolute atomic E-state index is 12.5. The molecule has 0 saturated heterocycles. The SMILES string of the molecule is CCOC(CNC(=O)CC(C)(C)NC(=O)OCC1c2ccccc2-c2ccccc21)CC(=O)O. The average Bonchev–Trinajstić information content (AvgIpc) is 3.09. The maximum Gasteiger partial charge on any atom is 0.407 e. The Balaban J connectivity index is 1.51. The van der Waals surface area contributed by atoms with E-state index in [0.29, 0.717) is 6.61 Å². The highest BCUT2D eigenvalue weighted by Crippen LogP contribution is 2.44. The van der Waals surface area contributed by atoms with Gasteiger partial charge in [0.15, 0.2) is 0 Å². The summed E-state index contributed by atoms with van der Waals surface area (Å²) in [6, 6.07) is 16.2. The van der Waals surface area contributed by atoms with Crippen LogP contribution in [0.2, 0.25) is 0 Å². The highest BCUT2D eigenvalue weighted by Gasteiger charge is 2.30. The van der Waals surface area contributed by atoms with E-state index in [1.165, 1.54) is 0 Å². The number of ether oxygens (including phenoxy) is 2. The highest BCUT2D eigenvalue weighted by molar-refractivity contribution is 5.80. The number of fused-ring (bicyclic) bond motifs is 3. The van der Waals surface area contributed by atoms with Crippen LogP contribution in [0.5, 0.6) is 0 Å². The van der Waals surface area contributed by atoms with E-state index in [1.807, 2.05) is 24.3 Å². The van der Waals surface area contributed by atoms with Gasteiger partial charge in [-0.25, -0.2) is 4.79 Å². The van der Waals surface area contributed by atoms with Crippen LogP contribution < -0.4 is 10.6 Å². The minimum atomic E-state index is -0.995. The van der Waals surface area contributed by atoms with E-state index < -0.39 is 23.7 Å². The lowest BCUT2D eigenvalue weighted by Crippen LogP contribution is -2.48. The van der Waals surface area contributed by atoms with Crippen LogP contribution in [-0.2, 0) is 19.1 Å². The van der Waals surface area contributed by atoms with Gasteiger partial charge in [-0.2, -0.15) is 0 Å². The molecule has 2 amide bonds. The van der Waals surface area contributed by atoms with Gasteiger partial charge in [-0.3, -0.25) is 9.59 Å². The summed E-state index contributed by atoms with van der Waals surface area (Å²) in [5, 5.41) is 14.4. The molecule has 2 aromatic carbocycles. The maximum atomic E-state index is 12.5. The van der Waals surface area contributed by atoms with Crippen LogP contribution >= 0.6 is 0 Å². The molecule has 0 aromatic heterocycles. The third-order valence-corrected chi connectivity index (χ3v) is 5.72. The molecule has 0 radical (unpaired) electrons. The largest absolute Gasteiger partial charge is 0.481 e. The van der Waals surface area contributed by atoms with Crippen LogP contribution in [0, 0.1) is 0 Å². The van der Waals surface area contributed by atoms with Crippen molar-refractivity contribution >= 4 is 18.0 Å². The number of carboxylic acids is 1. The van der Waals surface area contributed by atoms with Gasteiger partial charge in [-0.1, -0.05) is 48.5 Å². The fraction of sp³-hybridized carbons (Fsp3) is 0.423. The van der Waals surface area contributed by atoms with Crippen molar-refractivity contribution in [3.63, 3.8) is 0 Å². The Morgan fingerprint density at radius 2 is 1.62 bits per heavy atom. The summed E-state index contributed by atoms with van der Waals surface area (Å²) in [5.41, 5.74) is 3.69. The van der Waals surface area contributed by atoms with E-state index in [0.717, 1.165) is 22.3 Å². The molecule has 0 bridgehead atoms. The molecule has 182 valence electrons. The quantitative estimate of drug-likeness (QED) is 0.464. The van der Waals surface area contributed by atoms with Gasteiger partial charge in [0.25, 0.3) is 0 Å². The molecule has 3 rings (SSSR count). The zero-order valence-electron chi connectivity index (χ0n) is 19.8. The predicted molar refractivity (Wildman–Crippen MR) is 128 cm³/mol. The number of hydrogen-bond acceptors (Lipinski definition) is 5. The van der Waals surface area contributed by atoms with Crippen molar-refractivity contribution in [3.8, 4) is 11.1 Å². The van der Waals surface area contributed by atoms with Crippen molar-refractivity contribution in [1.29, 1.82) is 0 Å². The topological polar surface area (TPSA) is 114 Å². The normalized spacial score (nSPS) is 13.5. The molecule has 1 aliphatic rings. The standard InChI is InChI=1S/C26H32N2O6/c1-4-33-17(13-24(30)31)15-27-23(29)14-26(2,3)28-25(32)34-16-22-20-11-7-5-9-18(20)19-10-6-8-12-21(19)22/h5-12,17,22H,4,13-16H2,1-3H3,(H,27,29)(H,28,32)(H,30,31). The van der Waals surface area contributed by atoms with E-state index in [1.54, 1.807) is 20.8 Å².